The van der Waals surface area contributed by atoms with Gasteiger partial charge in [0.15, 0.2) is 0 Å². The molecule has 0 unspecified atom stereocenters. The molecule has 0 saturated carbocycles. The summed E-state index contributed by atoms with van der Waals surface area (Å²) < 4.78 is 0. The Balaban J connectivity index is 2.40. The minimum absolute atomic E-state index is 0.902. The lowest BCUT2D eigenvalue weighted by Gasteiger charge is -2.10. The van der Waals surface area contributed by atoms with Crippen LogP contribution in [0.3, 0.4) is 0 Å². The van der Waals surface area contributed by atoms with Crippen molar-refractivity contribution >= 4 is 5.82 Å². The van der Waals surface area contributed by atoms with Gasteiger partial charge in [-0.3, -0.25) is 4.98 Å². The molecule has 0 fully saturated rings. The zero-order valence-corrected chi connectivity index (χ0v) is 12.5. The molecule has 0 amide bonds. The number of aromatic nitrogens is 3. The number of anilines is 1. The van der Waals surface area contributed by atoms with Crippen LogP contribution in [0.25, 0.3) is 11.3 Å². The van der Waals surface area contributed by atoms with E-state index in [2.05, 4.69) is 41.0 Å². The topological polar surface area (TPSA) is 50.7 Å². The van der Waals surface area contributed by atoms with E-state index in [1.165, 1.54) is 0 Å². The SMILES string of the molecule is CCCNc1cc(-c2ccncc2C)nc(CCC)n1. The van der Waals surface area contributed by atoms with Gasteiger partial charge < -0.3 is 5.32 Å². The molecule has 2 heterocycles. The molecule has 0 aliphatic carbocycles. The van der Waals surface area contributed by atoms with Gasteiger partial charge in [0, 0.05) is 37.0 Å². The smallest absolute Gasteiger partial charge is 0.131 e. The van der Waals surface area contributed by atoms with Gasteiger partial charge in [0.1, 0.15) is 11.6 Å². The molecule has 4 nitrogen and oxygen atoms in total. The number of nitrogens with zero attached hydrogens (tertiary/aromatic N) is 3. The first-order valence-corrected chi connectivity index (χ1v) is 7.27. The molecule has 0 aliphatic heterocycles. The van der Waals surface area contributed by atoms with Crippen LogP contribution in [0.15, 0.2) is 24.5 Å². The maximum Gasteiger partial charge on any atom is 0.131 e. The number of aryl methyl sites for hydroxylation is 2. The Labute approximate surface area is 120 Å². The Kier molecular flexibility index (Phi) is 5.04. The summed E-state index contributed by atoms with van der Waals surface area (Å²) >= 11 is 0. The van der Waals surface area contributed by atoms with Gasteiger partial charge in [-0.25, -0.2) is 9.97 Å². The molecule has 0 radical (unpaired) electrons. The van der Waals surface area contributed by atoms with E-state index in [0.29, 0.717) is 0 Å². The molecule has 0 atom stereocenters. The number of hydrogen-bond acceptors (Lipinski definition) is 4. The van der Waals surface area contributed by atoms with Gasteiger partial charge in [-0.2, -0.15) is 0 Å². The van der Waals surface area contributed by atoms with Crippen molar-refractivity contribution in [3.63, 3.8) is 0 Å². The monoisotopic (exact) mass is 270 g/mol. The fraction of sp³-hybridized carbons (Fsp3) is 0.438. The fourth-order valence-electron chi connectivity index (χ4n) is 2.07. The van der Waals surface area contributed by atoms with Crippen LogP contribution in [0.2, 0.25) is 0 Å². The molecule has 2 aromatic heterocycles. The molecule has 2 aromatic rings. The Bertz CT molecular complexity index is 566. The largest absolute Gasteiger partial charge is 0.370 e. The van der Waals surface area contributed by atoms with Crippen molar-refractivity contribution in [1.82, 2.24) is 15.0 Å². The lowest BCUT2D eigenvalue weighted by molar-refractivity contribution is 0.833. The minimum Gasteiger partial charge on any atom is -0.370 e. The number of hydrogen-bond donors (Lipinski definition) is 1. The second kappa shape index (κ2) is 6.98. The quantitative estimate of drug-likeness (QED) is 0.871. The second-order valence-electron chi connectivity index (χ2n) is 4.92. The van der Waals surface area contributed by atoms with Crippen molar-refractivity contribution in [2.24, 2.45) is 0 Å². The molecule has 106 valence electrons. The Morgan fingerprint density at radius 2 is 2.00 bits per heavy atom. The van der Waals surface area contributed by atoms with Crippen LogP contribution in [0.4, 0.5) is 5.82 Å². The zero-order valence-electron chi connectivity index (χ0n) is 12.5. The third-order valence-corrected chi connectivity index (χ3v) is 3.10. The molecule has 2 rings (SSSR count). The zero-order chi connectivity index (χ0) is 14.4. The van der Waals surface area contributed by atoms with E-state index < -0.39 is 0 Å². The van der Waals surface area contributed by atoms with Crippen molar-refractivity contribution in [2.45, 2.75) is 40.0 Å². The highest BCUT2D eigenvalue weighted by molar-refractivity contribution is 5.65. The van der Waals surface area contributed by atoms with E-state index in [1.54, 1.807) is 0 Å². The summed E-state index contributed by atoms with van der Waals surface area (Å²) in [6.45, 7) is 7.28. The number of rotatable bonds is 6. The Hall–Kier alpha value is -1.97. The number of nitrogens with one attached hydrogen (secondary N) is 1. The first-order chi connectivity index (χ1) is 9.74. The summed E-state index contributed by atoms with van der Waals surface area (Å²) in [7, 11) is 0. The summed E-state index contributed by atoms with van der Waals surface area (Å²) in [5, 5.41) is 3.36. The average molecular weight is 270 g/mol. The van der Waals surface area contributed by atoms with Gasteiger partial charge in [-0.05, 0) is 31.4 Å². The summed E-state index contributed by atoms with van der Waals surface area (Å²) in [5.74, 6) is 1.82. The molecule has 0 aromatic carbocycles. The van der Waals surface area contributed by atoms with Gasteiger partial charge in [0.05, 0.1) is 5.69 Å². The van der Waals surface area contributed by atoms with E-state index >= 15 is 0 Å². The van der Waals surface area contributed by atoms with Crippen LogP contribution in [0.5, 0.6) is 0 Å². The summed E-state index contributed by atoms with van der Waals surface area (Å²) in [6, 6.07) is 4.04. The van der Waals surface area contributed by atoms with E-state index in [1.807, 2.05) is 24.5 Å². The van der Waals surface area contributed by atoms with Crippen molar-refractivity contribution in [3.05, 3.63) is 35.9 Å². The molecule has 0 aliphatic rings. The molecule has 0 spiro atoms. The second-order valence-corrected chi connectivity index (χ2v) is 4.92. The Morgan fingerprint density at radius 1 is 1.15 bits per heavy atom. The third-order valence-electron chi connectivity index (χ3n) is 3.10. The maximum atomic E-state index is 4.68. The molecular formula is C16H22N4. The van der Waals surface area contributed by atoms with Gasteiger partial charge in [0.2, 0.25) is 0 Å². The summed E-state index contributed by atoms with van der Waals surface area (Å²) in [5.41, 5.74) is 3.23. The average Bonchev–Trinajstić information content (AvgIpc) is 2.46. The van der Waals surface area contributed by atoms with Crippen LogP contribution >= 0.6 is 0 Å². The van der Waals surface area contributed by atoms with Crippen LogP contribution < -0.4 is 5.32 Å². The number of pyridine rings is 1. The van der Waals surface area contributed by atoms with Gasteiger partial charge >= 0.3 is 0 Å². The molecule has 0 saturated heterocycles. The Morgan fingerprint density at radius 3 is 2.70 bits per heavy atom. The highest BCUT2D eigenvalue weighted by atomic mass is 15.0. The predicted molar refractivity (Wildman–Crippen MR) is 82.8 cm³/mol. The molecule has 0 bridgehead atoms. The van der Waals surface area contributed by atoms with Gasteiger partial charge in [0.25, 0.3) is 0 Å². The van der Waals surface area contributed by atoms with E-state index in [-0.39, 0.29) is 0 Å². The highest BCUT2D eigenvalue weighted by Crippen LogP contribution is 2.23. The van der Waals surface area contributed by atoms with Crippen molar-refractivity contribution in [3.8, 4) is 11.3 Å². The van der Waals surface area contributed by atoms with Gasteiger partial charge in [-0.15, -0.1) is 0 Å². The highest BCUT2D eigenvalue weighted by Gasteiger charge is 2.08. The van der Waals surface area contributed by atoms with E-state index in [4.69, 9.17) is 0 Å². The summed E-state index contributed by atoms with van der Waals surface area (Å²) in [4.78, 5) is 13.4. The van der Waals surface area contributed by atoms with Crippen LogP contribution in [-0.2, 0) is 6.42 Å². The predicted octanol–water partition coefficient (Wildman–Crippen LogP) is 3.62. The third kappa shape index (κ3) is 3.53. The molecular weight excluding hydrogens is 248 g/mol. The lowest BCUT2D eigenvalue weighted by atomic mass is 10.1. The first kappa shape index (κ1) is 14.4. The van der Waals surface area contributed by atoms with E-state index in [9.17, 15) is 0 Å². The van der Waals surface area contributed by atoms with Crippen LogP contribution in [0, 0.1) is 6.92 Å². The maximum absolute atomic E-state index is 4.68. The lowest BCUT2D eigenvalue weighted by Crippen LogP contribution is -2.06. The first-order valence-electron chi connectivity index (χ1n) is 7.27. The normalized spacial score (nSPS) is 10.6. The standard InChI is InChI=1S/C16H22N4/c1-4-6-15-19-14(10-16(20-15)18-8-5-2)13-7-9-17-11-12(13)3/h7,9-11H,4-6,8H2,1-3H3,(H,18,19,20). The molecule has 1 N–H and O–H groups in total. The van der Waals surface area contributed by atoms with Crippen molar-refractivity contribution in [2.75, 3.05) is 11.9 Å². The molecule has 20 heavy (non-hydrogen) atoms. The van der Waals surface area contributed by atoms with Gasteiger partial charge in [-0.1, -0.05) is 13.8 Å². The molecule has 4 heteroatoms. The fourth-order valence-corrected chi connectivity index (χ4v) is 2.07. The van der Waals surface area contributed by atoms with Crippen LogP contribution in [-0.4, -0.2) is 21.5 Å². The van der Waals surface area contributed by atoms with Crippen molar-refractivity contribution < 1.29 is 0 Å². The van der Waals surface area contributed by atoms with Crippen molar-refractivity contribution in [1.29, 1.82) is 0 Å². The van der Waals surface area contributed by atoms with Crippen LogP contribution in [0.1, 0.15) is 38.1 Å². The summed E-state index contributed by atoms with van der Waals surface area (Å²) in [6.07, 6.45) is 6.71. The minimum atomic E-state index is 0.902. The van der Waals surface area contributed by atoms with E-state index in [0.717, 1.165) is 54.3 Å².